The van der Waals surface area contributed by atoms with Crippen LogP contribution >= 0.6 is 0 Å². The third kappa shape index (κ3) is 2.25. The fourth-order valence-electron chi connectivity index (χ4n) is 2.22. The van der Waals surface area contributed by atoms with E-state index in [2.05, 4.69) is 0 Å². The zero-order valence-corrected chi connectivity index (χ0v) is 12.2. The van der Waals surface area contributed by atoms with E-state index < -0.39 is 15.6 Å². The number of sulfone groups is 1. The molecule has 3 rings (SSSR count). The third-order valence-electron chi connectivity index (χ3n) is 3.37. The standard InChI is InChI=1S/C16H13NO3S/c1-17-10-8-12(9-11-17)6-7-15-16(18)13-4-2-3-5-14(13)21(15,19)20/h2-11H,1H3/b15-7-. The SMILES string of the molecule is CN1C=CC(=C/C=C2/C(=O)c3ccccc3S2(=O)=O)C=C1. The predicted octanol–water partition coefficient (Wildman–Crippen LogP) is 2.44. The highest BCUT2D eigenvalue weighted by atomic mass is 32.2. The molecular weight excluding hydrogens is 286 g/mol. The quantitative estimate of drug-likeness (QED) is 0.747. The summed E-state index contributed by atoms with van der Waals surface area (Å²) in [5.41, 5.74) is 1.08. The molecule has 5 heteroatoms. The van der Waals surface area contributed by atoms with E-state index in [-0.39, 0.29) is 15.4 Å². The van der Waals surface area contributed by atoms with Gasteiger partial charge in [-0.25, -0.2) is 8.42 Å². The number of hydrogen-bond acceptors (Lipinski definition) is 4. The molecule has 2 heterocycles. The lowest BCUT2D eigenvalue weighted by Crippen LogP contribution is -2.03. The Hall–Kier alpha value is -2.40. The first-order valence-corrected chi connectivity index (χ1v) is 7.87. The van der Waals surface area contributed by atoms with Crippen LogP contribution in [0.5, 0.6) is 0 Å². The molecule has 0 N–H and O–H groups in total. The molecule has 0 bridgehead atoms. The molecule has 0 unspecified atom stereocenters. The zero-order valence-electron chi connectivity index (χ0n) is 11.4. The number of nitrogens with zero attached hydrogens (tertiary/aromatic N) is 1. The molecule has 106 valence electrons. The minimum Gasteiger partial charge on any atom is -0.357 e. The fraction of sp³-hybridized carbons (Fsp3) is 0.0625. The van der Waals surface area contributed by atoms with Crippen molar-refractivity contribution in [3.8, 4) is 0 Å². The van der Waals surface area contributed by atoms with Crippen molar-refractivity contribution in [1.29, 1.82) is 0 Å². The number of allylic oxidation sites excluding steroid dienone is 6. The van der Waals surface area contributed by atoms with E-state index in [0.717, 1.165) is 5.57 Å². The van der Waals surface area contributed by atoms with Gasteiger partial charge in [0.1, 0.15) is 4.91 Å². The second-order valence-corrected chi connectivity index (χ2v) is 6.71. The van der Waals surface area contributed by atoms with Gasteiger partial charge in [0.15, 0.2) is 0 Å². The highest BCUT2D eigenvalue weighted by molar-refractivity contribution is 7.97. The lowest BCUT2D eigenvalue weighted by molar-refractivity contribution is 0.104. The van der Waals surface area contributed by atoms with Crippen LogP contribution in [0.4, 0.5) is 0 Å². The lowest BCUT2D eigenvalue weighted by Gasteiger charge is -2.11. The summed E-state index contributed by atoms with van der Waals surface area (Å²) in [6, 6.07) is 6.29. The molecule has 4 nitrogen and oxygen atoms in total. The number of fused-ring (bicyclic) bond motifs is 1. The second kappa shape index (κ2) is 4.86. The number of hydrogen-bond donors (Lipinski definition) is 0. The first-order valence-electron chi connectivity index (χ1n) is 6.39. The van der Waals surface area contributed by atoms with Crippen LogP contribution in [-0.4, -0.2) is 26.1 Å². The van der Waals surface area contributed by atoms with Crippen molar-refractivity contribution in [1.82, 2.24) is 4.90 Å². The zero-order chi connectivity index (χ0) is 15.0. The summed E-state index contributed by atoms with van der Waals surface area (Å²) in [5.74, 6) is -0.441. The van der Waals surface area contributed by atoms with Crippen molar-refractivity contribution in [3.63, 3.8) is 0 Å². The van der Waals surface area contributed by atoms with Crippen molar-refractivity contribution in [2.45, 2.75) is 4.90 Å². The molecule has 1 aromatic rings. The van der Waals surface area contributed by atoms with Crippen molar-refractivity contribution < 1.29 is 13.2 Å². The summed E-state index contributed by atoms with van der Waals surface area (Å²) in [4.78, 5) is 14.0. The molecule has 0 atom stereocenters. The van der Waals surface area contributed by atoms with Gasteiger partial charge in [-0.1, -0.05) is 18.2 Å². The summed E-state index contributed by atoms with van der Waals surface area (Å²) in [5, 5.41) is 0. The van der Waals surface area contributed by atoms with Crippen LogP contribution in [0.1, 0.15) is 10.4 Å². The maximum Gasteiger partial charge on any atom is 0.211 e. The Balaban J connectivity index is 2.04. The highest BCUT2D eigenvalue weighted by Gasteiger charge is 2.38. The molecule has 1 aromatic carbocycles. The van der Waals surface area contributed by atoms with Crippen LogP contribution in [0, 0.1) is 0 Å². The predicted molar refractivity (Wildman–Crippen MR) is 80.2 cm³/mol. The van der Waals surface area contributed by atoms with E-state index in [4.69, 9.17) is 0 Å². The van der Waals surface area contributed by atoms with Gasteiger partial charge in [0.05, 0.1) is 4.90 Å². The largest absolute Gasteiger partial charge is 0.357 e. The first-order chi connectivity index (χ1) is 10.00. The second-order valence-electron chi connectivity index (χ2n) is 4.82. The number of ketones is 1. The molecular formula is C16H13NO3S. The average molecular weight is 299 g/mol. The summed E-state index contributed by atoms with van der Waals surface area (Å²) in [7, 11) is -1.81. The van der Waals surface area contributed by atoms with E-state index >= 15 is 0 Å². The molecule has 0 aromatic heterocycles. The number of carbonyl (C=O) groups excluding carboxylic acids is 1. The van der Waals surface area contributed by atoms with Gasteiger partial charge >= 0.3 is 0 Å². The Bertz CT molecular complexity index is 826. The Morgan fingerprint density at radius 1 is 1.05 bits per heavy atom. The van der Waals surface area contributed by atoms with Crippen molar-refractivity contribution >= 4 is 15.6 Å². The Kier molecular flexibility index (Phi) is 3.14. The van der Waals surface area contributed by atoms with Crippen molar-refractivity contribution in [3.05, 3.63) is 77.0 Å². The first kappa shape index (κ1) is 13.6. The van der Waals surface area contributed by atoms with Gasteiger partial charge in [0.25, 0.3) is 0 Å². The normalized spacial score (nSPS) is 21.0. The summed E-state index contributed by atoms with van der Waals surface area (Å²) in [6.07, 6.45) is 10.4. The van der Waals surface area contributed by atoms with Gasteiger partial charge in [0.2, 0.25) is 15.6 Å². The van der Waals surface area contributed by atoms with Gasteiger partial charge in [-0.15, -0.1) is 0 Å². The number of benzene rings is 1. The fourth-order valence-corrected chi connectivity index (χ4v) is 3.77. The minimum atomic E-state index is -3.70. The molecule has 0 fully saturated rings. The lowest BCUT2D eigenvalue weighted by atomic mass is 10.1. The van der Waals surface area contributed by atoms with E-state index in [9.17, 15) is 13.2 Å². The Morgan fingerprint density at radius 3 is 2.38 bits per heavy atom. The summed E-state index contributed by atoms with van der Waals surface area (Å²) < 4.78 is 24.7. The van der Waals surface area contributed by atoms with Crippen LogP contribution in [0.2, 0.25) is 0 Å². The number of carbonyl (C=O) groups is 1. The Labute approximate surface area is 123 Å². The molecule has 0 spiro atoms. The molecule has 2 aliphatic rings. The molecule has 0 radical (unpaired) electrons. The molecule has 0 aliphatic carbocycles. The third-order valence-corrected chi connectivity index (χ3v) is 5.20. The smallest absolute Gasteiger partial charge is 0.211 e. The van der Waals surface area contributed by atoms with Gasteiger partial charge in [-0.3, -0.25) is 4.79 Å². The highest BCUT2D eigenvalue weighted by Crippen LogP contribution is 2.33. The molecule has 0 saturated heterocycles. The van der Waals surface area contributed by atoms with Crippen molar-refractivity contribution in [2.75, 3.05) is 7.05 Å². The van der Waals surface area contributed by atoms with E-state index in [0.29, 0.717) is 0 Å². The van der Waals surface area contributed by atoms with Gasteiger partial charge in [0, 0.05) is 25.0 Å². The Morgan fingerprint density at radius 2 is 1.71 bits per heavy atom. The van der Waals surface area contributed by atoms with Crippen LogP contribution in [-0.2, 0) is 9.84 Å². The van der Waals surface area contributed by atoms with E-state index in [1.54, 1.807) is 24.3 Å². The maximum atomic E-state index is 12.4. The van der Waals surface area contributed by atoms with Crippen LogP contribution in [0.15, 0.2) is 76.3 Å². The monoisotopic (exact) mass is 299 g/mol. The maximum absolute atomic E-state index is 12.4. The number of Topliss-reactive ketones (excluding diaryl/α,β-unsaturated/α-hetero) is 1. The van der Waals surface area contributed by atoms with Gasteiger partial charge in [-0.2, -0.15) is 0 Å². The molecule has 0 amide bonds. The summed E-state index contributed by atoms with van der Waals surface area (Å²) >= 11 is 0. The van der Waals surface area contributed by atoms with Gasteiger partial charge in [-0.05, 0) is 35.9 Å². The minimum absolute atomic E-state index is 0.0918. The average Bonchev–Trinajstić information content (AvgIpc) is 2.67. The molecule has 2 aliphatic heterocycles. The number of rotatable bonds is 1. The van der Waals surface area contributed by atoms with Crippen LogP contribution < -0.4 is 0 Å². The van der Waals surface area contributed by atoms with Crippen LogP contribution in [0.25, 0.3) is 0 Å². The van der Waals surface area contributed by atoms with E-state index in [1.165, 1.54) is 12.1 Å². The molecule has 0 saturated carbocycles. The summed E-state index contributed by atoms with van der Waals surface area (Å²) in [6.45, 7) is 0. The van der Waals surface area contributed by atoms with Crippen molar-refractivity contribution in [2.24, 2.45) is 0 Å². The topological polar surface area (TPSA) is 54.5 Å². The van der Waals surface area contributed by atoms with E-state index in [1.807, 2.05) is 36.5 Å². The van der Waals surface area contributed by atoms with Crippen LogP contribution in [0.3, 0.4) is 0 Å². The van der Waals surface area contributed by atoms with Gasteiger partial charge < -0.3 is 4.90 Å². The molecule has 21 heavy (non-hydrogen) atoms.